The molecule has 31 heavy (non-hydrogen) atoms. The first kappa shape index (κ1) is 20.5. The summed E-state index contributed by atoms with van der Waals surface area (Å²) in [4.78, 5) is 24.7. The van der Waals surface area contributed by atoms with Crippen LogP contribution in [0.1, 0.15) is 15.9 Å². The lowest BCUT2D eigenvalue weighted by molar-refractivity contribution is -0.113. The number of rotatable bonds is 7. The van der Waals surface area contributed by atoms with Crippen molar-refractivity contribution in [3.63, 3.8) is 0 Å². The van der Waals surface area contributed by atoms with Crippen LogP contribution in [0.25, 0.3) is 5.65 Å². The standard InChI is InChI=1S/C22H18FN5O2S/c23-17-7-4-8-18(11-17)25-20(29)14-31-22-27-26-19-10-9-16(13-28(19)22)21(30)24-12-15-5-2-1-3-6-15/h1-11,13H,12,14H2,(H,24,30)(H,25,29). The van der Waals surface area contributed by atoms with Gasteiger partial charge in [-0.1, -0.05) is 48.2 Å². The van der Waals surface area contributed by atoms with Gasteiger partial charge in [-0.25, -0.2) is 4.39 Å². The summed E-state index contributed by atoms with van der Waals surface area (Å²) >= 11 is 1.17. The van der Waals surface area contributed by atoms with E-state index in [-0.39, 0.29) is 17.6 Å². The summed E-state index contributed by atoms with van der Waals surface area (Å²) in [6.45, 7) is 0.418. The van der Waals surface area contributed by atoms with E-state index in [4.69, 9.17) is 0 Å². The van der Waals surface area contributed by atoms with Crippen molar-refractivity contribution in [2.75, 3.05) is 11.1 Å². The molecule has 7 nitrogen and oxygen atoms in total. The number of nitrogens with one attached hydrogen (secondary N) is 2. The third kappa shape index (κ3) is 5.26. The maximum Gasteiger partial charge on any atom is 0.253 e. The van der Waals surface area contributed by atoms with Crippen molar-refractivity contribution in [3.05, 3.63) is 89.9 Å². The van der Waals surface area contributed by atoms with E-state index < -0.39 is 5.82 Å². The Labute approximate surface area is 181 Å². The van der Waals surface area contributed by atoms with Crippen molar-refractivity contribution in [1.82, 2.24) is 19.9 Å². The zero-order chi connectivity index (χ0) is 21.6. The van der Waals surface area contributed by atoms with Crippen LogP contribution in [0.2, 0.25) is 0 Å². The van der Waals surface area contributed by atoms with Gasteiger partial charge in [0.15, 0.2) is 10.8 Å². The van der Waals surface area contributed by atoms with Crippen molar-refractivity contribution in [2.45, 2.75) is 11.7 Å². The minimum Gasteiger partial charge on any atom is -0.348 e. The summed E-state index contributed by atoms with van der Waals surface area (Å²) in [5, 5.41) is 14.1. The zero-order valence-electron chi connectivity index (χ0n) is 16.3. The Morgan fingerprint density at radius 2 is 1.84 bits per heavy atom. The molecule has 4 aromatic rings. The Balaban J connectivity index is 1.40. The summed E-state index contributed by atoms with van der Waals surface area (Å²) < 4.78 is 14.9. The van der Waals surface area contributed by atoms with Crippen molar-refractivity contribution < 1.29 is 14.0 Å². The Bertz CT molecular complexity index is 1230. The molecule has 0 aliphatic rings. The smallest absolute Gasteiger partial charge is 0.253 e. The average molecular weight is 435 g/mol. The van der Waals surface area contributed by atoms with Gasteiger partial charge in [0.25, 0.3) is 5.91 Å². The molecule has 2 N–H and O–H groups in total. The third-order valence-corrected chi connectivity index (χ3v) is 5.31. The molecule has 156 valence electrons. The van der Waals surface area contributed by atoms with Gasteiger partial charge in [0.1, 0.15) is 5.82 Å². The quantitative estimate of drug-likeness (QED) is 0.434. The number of hydrogen-bond donors (Lipinski definition) is 2. The Morgan fingerprint density at radius 3 is 2.65 bits per heavy atom. The van der Waals surface area contributed by atoms with E-state index in [0.29, 0.717) is 28.6 Å². The molecule has 2 heterocycles. The van der Waals surface area contributed by atoms with Gasteiger partial charge in [-0.2, -0.15) is 0 Å². The van der Waals surface area contributed by atoms with Crippen LogP contribution < -0.4 is 10.6 Å². The molecule has 0 bridgehead atoms. The van der Waals surface area contributed by atoms with Gasteiger partial charge in [0.05, 0.1) is 11.3 Å². The topological polar surface area (TPSA) is 88.4 Å². The maximum atomic E-state index is 13.2. The molecule has 2 aromatic heterocycles. The molecule has 0 spiro atoms. The molecule has 0 saturated carbocycles. The number of hydrogen-bond acceptors (Lipinski definition) is 5. The molecule has 0 radical (unpaired) electrons. The number of halogens is 1. The minimum absolute atomic E-state index is 0.0573. The number of pyridine rings is 1. The van der Waals surface area contributed by atoms with E-state index in [9.17, 15) is 14.0 Å². The molecule has 0 aliphatic heterocycles. The lowest BCUT2D eigenvalue weighted by atomic mass is 10.2. The second kappa shape index (κ2) is 9.40. The summed E-state index contributed by atoms with van der Waals surface area (Å²) in [5.74, 6) is -0.891. The summed E-state index contributed by atoms with van der Waals surface area (Å²) in [6.07, 6.45) is 1.64. The number of thioether (sulfide) groups is 1. The van der Waals surface area contributed by atoms with E-state index in [0.717, 1.165) is 5.56 Å². The third-order valence-electron chi connectivity index (χ3n) is 4.37. The molecule has 0 atom stereocenters. The van der Waals surface area contributed by atoms with Crippen LogP contribution in [0.15, 0.2) is 78.1 Å². The van der Waals surface area contributed by atoms with Gasteiger partial charge >= 0.3 is 0 Å². The molecule has 0 aliphatic carbocycles. The number of aromatic nitrogens is 3. The molecule has 0 unspecified atom stereocenters. The van der Waals surface area contributed by atoms with Crippen molar-refractivity contribution in [3.8, 4) is 0 Å². The highest BCUT2D eigenvalue weighted by atomic mass is 32.2. The number of carbonyl (C=O) groups is 2. The second-order valence-electron chi connectivity index (χ2n) is 6.64. The van der Waals surface area contributed by atoms with E-state index in [1.165, 1.54) is 30.0 Å². The number of fused-ring (bicyclic) bond motifs is 1. The first-order valence-electron chi connectivity index (χ1n) is 9.43. The molecule has 4 rings (SSSR count). The lowest BCUT2D eigenvalue weighted by Gasteiger charge is -2.07. The molecule has 0 saturated heterocycles. The lowest BCUT2D eigenvalue weighted by Crippen LogP contribution is -2.23. The summed E-state index contributed by atoms with van der Waals surface area (Å²) in [6, 6.07) is 18.7. The van der Waals surface area contributed by atoms with Gasteiger partial charge in [0, 0.05) is 18.4 Å². The van der Waals surface area contributed by atoms with Crippen LogP contribution in [-0.2, 0) is 11.3 Å². The molecular formula is C22H18FN5O2S. The Hall–Kier alpha value is -3.72. The fourth-order valence-corrected chi connectivity index (χ4v) is 3.59. The van der Waals surface area contributed by atoms with E-state index in [1.54, 1.807) is 28.8 Å². The average Bonchev–Trinajstić information content (AvgIpc) is 3.19. The minimum atomic E-state index is -0.424. The number of nitrogens with zero attached hydrogens (tertiary/aromatic N) is 3. The summed E-state index contributed by atoms with van der Waals surface area (Å²) in [5.41, 5.74) is 2.40. The monoisotopic (exact) mass is 435 g/mol. The van der Waals surface area contributed by atoms with Gasteiger partial charge in [0.2, 0.25) is 5.91 Å². The molecule has 2 amide bonds. The van der Waals surface area contributed by atoms with Crippen molar-refractivity contribution >= 4 is 34.9 Å². The first-order valence-corrected chi connectivity index (χ1v) is 10.4. The molecule has 0 fully saturated rings. The summed E-state index contributed by atoms with van der Waals surface area (Å²) in [7, 11) is 0. The highest BCUT2D eigenvalue weighted by molar-refractivity contribution is 7.99. The molecule has 9 heteroatoms. The number of anilines is 1. The zero-order valence-corrected chi connectivity index (χ0v) is 17.1. The predicted octanol–water partition coefficient (Wildman–Crippen LogP) is 3.53. The molecular weight excluding hydrogens is 417 g/mol. The van der Waals surface area contributed by atoms with Gasteiger partial charge in [-0.15, -0.1) is 10.2 Å². The van der Waals surface area contributed by atoms with Crippen LogP contribution in [0.5, 0.6) is 0 Å². The fraction of sp³-hybridized carbons (Fsp3) is 0.0909. The van der Waals surface area contributed by atoms with Crippen LogP contribution in [0.3, 0.4) is 0 Å². The van der Waals surface area contributed by atoms with Crippen LogP contribution in [0.4, 0.5) is 10.1 Å². The maximum absolute atomic E-state index is 13.2. The van der Waals surface area contributed by atoms with Crippen LogP contribution >= 0.6 is 11.8 Å². The second-order valence-corrected chi connectivity index (χ2v) is 7.59. The van der Waals surface area contributed by atoms with Gasteiger partial charge < -0.3 is 10.6 Å². The van der Waals surface area contributed by atoms with Gasteiger partial charge in [-0.3, -0.25) is 14.0 Å². The van der Waals surface area contributed by atoms with Crippen molar-refractivity contribution in [2.24, 2.45) is 0 Å². The number of benzene rings is 2. The number of carbonyl (C=O) groups excluding carboxylic acids is 2. The highest BCUT2D eigenvalue weighted by Crippen LogP contribution is 2.18. The normalized spacial score (nSPS) is 10.7. The SMILES string of the molecule is O=C(CSc1nnc2ccc(C(=O)NCc3ccccc3)cn12)Nc1cccc(F)c1. The van der Waals surface area contributed by atoms with E-state index >= 15 is 0 Å². The largest absolute Gasteiger partial charge is 0.348 e. The number of amides is 2. The molecule has 2 aromatic carbocycles. The van der Waals surface area contributed by atoms with Gasteiger partial charge in [-0.05, 0) is 35.9 Å². The predicted molar refractivity (Wildman–Crippen MR) is 116 cm³/mol. The van der Waals surface area contributed by atoms with Crippen LogP contribution in [0, 0.1) is 5.82 Å². The van der Waals surface area contributed by atoms with E-state index in [1.807, 2.05) is 30.3 Å². The Morgan fingerprint density at radius 1 is 1.00 bits per heavy atom. The van der Waals surface area contributed by atoms with Crippen molar-refractivity contribution in [1.29, 1.82) is 0 Å². The van der Waals surface area contributed by atoms with Crippen LogP contribution in [-0.4, -0.2) is 32.2 Å². The first-order chi connectivity index (χ1) is 15.1. The fourth-order valence-electron chi connectivity index (χ4n) is 2.88. The Kier molecular flexibility index (Phi) is 6.23. The highest BCUT2D eigenvalue weighted by Gasteiger charge is 2.13. The van der Waals surface area contributed by atoms with E-state index in [2.05, 4.69) is 20.8 Å².